The second-order valence-electron chi connectivity index (χ2n) is 6.15. The summed E-state index contributed by atoms with van der Waals surface area (Å²) in [6, 6.07) is 9.20. The molecule has 146 valence electrons. The lowest BCUT2D eigenvalue weighted by molar-refractivity contribution is -0.136. The minimum absolute atomic E-state index is 0.0466. The van der Waals surface area contributed by atoms with Gasteiger partial charge in [0.1, 0.15) is 16.8 Å². The number of aliphatic carboxylic acids is 1. The van der Waals surface area contributed by atoms with E-state index in [9.17, 15) is 18.4 Å². The molecular weight excluding hydrogens is 438 g/mol. The topological polar surface area (TPSA) is 76.7 Å². The van der Waals surface area contributed by atoms with Crippen LogP contribution in [0.5, 0.6) is 5.75 Å². The average molecular weight is 453 g/mol. The quantitative estimate of drug-likeness (QED) is 0.532. The van der Waals surface area contributed by atoms with Crippen LogP contribution in [0.25, 0.3) is 11.0 Å². The zero-order valence-electron chi connectivity index (χ0n) is 14.7. The van der Waals surface area contributed by atoms with Gasteiger partial charge in [0.25, 0.3) is 6.43 Å². The van der Waals surface area contributed by atoms with Crippen LogP contribution in [-0.4, -0.2) is 11.1 Å². The van der Waals surface area contributed by atoms with E-state index in [4.69, 9.17) is 14.3 Å². The predicted octanol–water partition coefficient (Wildman–Crippen LogP) is 5.01. The molecule has 0 radical (unpaired) electrons. The number of carboxylic acids is 1. The van der Waals surface area contributed by atoms with Crippen molar-refractivity contribution in [2.45, 2.75) is 26.4 Å². The molecule has 5 nitrogen and oxygen atoms in total. The Hall–Kier alpha value is -2.74. The van der Waals surface area contributed by atoms with E-state index in [1.807, 2.05) is 0 Å². The van der Waals surface area contributed by atoms with Crippen LogP contribution in [0.4, 0.5) is 8.78 Å². The van der Waals surface area contributed by atoms with Gasteiger partial charge in [-0.05, 0) is 52.2 Å². The molecule has 0 amide bonds. The zero-order valence-corrected chi connectivity index (χ0v) is 16.3. The molecule has 8 heteroatoms. The minimum Gasteiger partial charge on any atom is -0.488 e. The largest absolute Gasteiger partial charge is 0.488 e. The predicted molar refractivity (Wildman–Crippen MR) is 102 cm³/mol. The number of halogens is 3. The van der Waals surface area contributed by atoms with Gasteiger partial charge in [0.05, 0.1) is 12.0 Å². The van der Waals surface area contributed by atoms with E-state index in [1.54, 1.807) is 25.1 Å². The van der Waals surface area contributed by atoms with E-state index in [1.165, 1.54) is 18.2 Å². The third-order valence-corrected chi connectivity index (χ3v) is 5.04. The molecule has 0 saturated heterocycles. The summed E-state index contributed by atoms with van der Waals surface area (Å²) in [4.78, 5) is 23.1. The highest BCUT2D eigenvalue weighted by atomic mass is 79.9. The monoisotopic (exact) mass is 452 g/mol. The van der Waals surface area contributed by atoms with Crippen LogP contribution >= 0.6 is 15.9 Å². The van der Waals surface area contributed by atoms with Crippen LogP contribution in [0.3, 0.4) is 0 Å². The van der Waals surface area contributed by atoms with Crippen LogP contribution < -0.4 is 10.4 Å². The van der Waals surface area contributed by atoms with Crippen molar-refractivity contribution in [1.29, 1.82) is 0 Å². The molecule has 0 saturated carbocycles. The number of alkyl halides is 2. The maximum atomic E-state index is 12.8. The van der Waals surface area contributed by atoms with Crippen LogP contribution in [-0.2, 0) is 17.8 Å². The van der Waals surface area contributed by atoms with Crippen molar-refractivity contribution in [3.8, 4) is 5.75 Å². The Morgan fingerprint density at radius 3 is 2.71 bits per heavy atom. The second-order valence-corrected chi connectivity index (χ2v) is 6.95. The number of rotatable bonds is 6. The number of aryl methyl sites for hydroxylation is 1. The van der Waals surface area contributed by atoms with Crippen molar-refractivity contribution < 1.29 is 27.8 Å². The molecular formula is C20H15BrF2O5. The summed E-state index contributed by atoms with van der Waals surface area (Å²) in [7, 11) is 0. The lowest BCUT2D eigenvalue weighted by Crippen LogP contribution is -2.15. The van der Waals surface area contributed by atoms with Gasteiger partial charge in [0.15, 0.2) is 5.58 Å². The number of ether oxygens (including phenoxy) is 1. The fraction of sp³-hybridized carbons (Fsp3) is 0.200. The molecule has 1 N–H and O–H groups in total. The van der Waals surface area contributed by atoms with Crippen LogP contribution in [0, 0.1) is 6.92 Å². The Kier molecular flexibility index (Phi) is 5.79. The molecule has 1 aromatic heterocycles. The highest BCUT2D eigenvalue weighted by Crippen LogP contribution is 2.35. The molecule has 2 aromatic carbocycles. The standard InChI is InChI=1S/C20H15BrF2O5/c1-10-13-5-6-15(27-9-11-3-2-4-12(7-11)19(22)23)17(21)18(13)28-20(26)14(10)8-16(24)25/h2-7,19H,8-9H2,1H3,(H,24,25). The van der Waals surface area contributed by atoms with Gasteiger partial charge in [0.2, 0.25) is 0 Å². The van der Waals surface area contributed by atoms with E-state index in [0.29, 0.717) is 26.7 Å². The van der Waals surface area contributed by atoms with E-state index in [2.05, 4.69) is 15.9 Å². The first kappa shape index (κ1) is 20.0. The van der Waals surface area contributed by atoms with E-state index in [0.717, 1.165) is 0 Å². The summed E-state index contributed by atoms with van der Waals surface area (Å²) in [6.07, 6.45) is -3.00. The summed E-state index contributed by atoms with van der Waals surface area (Å²) in [5.74, 6) is -0.761. The maximum Gasteiger partial charge on any atom is 0.340 e. The van der Waals surface area contributed by atoms with Crippen molar-refractivity contribution in [3.05, 3.63) is 73.5 Å². The van der Waals surface area contributed by atoms with Gasteiger partial charge in [-0.3, -0.25) is 4.79 Å². The van der Waals surface area contributed by atoms with E-state index >= 15 is 0 Å². The second kappa shape index (κ2) is 8.10. The summed E-state index contributed by atoms with van der Waals surface area (Å²) < 4.78 is 37.0. The van der Waals surface area contributed by atoms with Crippen LogP contribution in [0.2, 0.25) is 0 Å². The van der Waals surface area contributed by atoms with Gasteiger partial charge in [-0.15, -0.1) is 0 Å². The molecule has 0 fully saturated rings. The smallest absolute Gasteiger partial charge is 0.340 e. The maximum absolute atomic E-state index is 12.8. The highest BCUT2D eigenvalue weighted by Gasteiger charge is 2.18. The number of carbonyl (C=O) groups is 1. The molecule has 3 aromatic rings. The van der Waals surface area contributed by atoms with Crippen LogP contribution in [0.1, 0.15) is 28.7 Å². The Labute approximate surface area is 166 Å². The number of hydrogen-bond donors (Lipinski definition) is 1. The molecule has 0 bridgehead atoms. The van der Waals surface area contributed by atoms with Gasteiger partial charge in [-0.1, -0.05) is 18.2 Å². The van der Waals surface area contributed by atoms with Crippen LogP contribution in [0.15, 0.2) is 50.1 Å². The van der Waals surface area contributed by atoms with E-state index in [-0.39, 0.29) is 23.3 Å². The SMILES string of the molecule is Cc1c(CC(=O)O)c(=O)oc2c(Br)c(OCc3cccc(C(F)F)c3)ccc12. The summed E-state index contributed by atoms with van der Waals surface area (Å²) >= 11 is 3.34. The summed E-state index contributed by atoms with van der Waals surface area (Å²) in [6.45, 7) is 1.70. The van der Waals surface area contributed by atoms with Gasteiger partial charge < -0.3 is 14.3 Å². The van der Waals surface area contributed by atoms with E-state index < -0.39 is 24.4 Å². The van der Waals surface area contributed by atoms with Gasteiger partial charge in [-0.25, -0.2) is 13.6 Å². The van der Waals surface area contributed by atoms with Crippen molar-refractivity contribution in [1.82, 2.24) is 0 Å². The van der Waals surface area contributed by atoms with Crippen molar-refractivity contribution in [2.75, 3.05) is 0 Å². The third-order valence-electron chi connectivity index (χ3n) is 4.28. The zero-order chi connectivity index (χ0) is 20.4. The Morgan fingerprint density at radius 1 is 1.29 bits per heavy atom. The molecule has 0 spiro atoms. The first-order chi connectivity index (χ1) is 13.3. The number of fused-ring (bicyclic) bond motifs is 1. The summed E-state index contributed by atoms with van der Waals surface area (Å²) in [5, 5.41) is 9.54. The lowest BCUT2D eigenvalue weighted by atomic mass is 10.0. The summed E-state index contributed by atoms with van der Waals surface area (Å²) in [5.41, 5.74) is 0.589. The highest BCUT2D eigenvalue weighted by molar-refractivity contribution is 9.10. The number of benzene rings is 2. The van der Waals surface area contributed by atoms with Crippen molar-refractivity contribution in [3.63, 3.8) is 0 Å². The van der Waals surface area contributed by atoms with Gasteiger partial charge in [0, 0.05) is 10.9 Å². The van der Waals surface area contributed by atoms with Gasteiger partial charge >= 0.3 is 11.6 Å². The normalized spacial score (nSPS) is 11.2. The molecule has 0 unspecified atom stereocenters. The molecule has 0 aliphatic rings. The molecule has 0 aliphatic carbocycles. The number of carboxylic acid groups (broad SMARTS) is 1. The first-order valence-electron chi connectivity index (χ1n) is 8.24. The molecule has 0 aliphatic heterocycles. The van der Waals surface area contributed by atoms with Gasteiger partial charge in [-0.2, -0.15) is 0 Å². The Balaban J connectivity index is 1.93. The minimum atomic E-state index is -2.57. The first-order valence-corrected chi connectivity index (χ1v) is 9.03. The molecule has 3 rings (SSSR count). The molecule has 28 heavy (non-hydrogen) atoms. The lowest BCUT2D eigenvalue weighted by Gasteiger charge is -2.12. The van der Waals surface area contributed by atoms with Crippen molar-refractivity contribution >= 4 is 32.9 Å². The Morgan fingerprint density at radius 2 is 2.04 bits per heavy atom. The number of hydrogen-bond acceptors (Lipinski definition) is 4. The van der Waals surface area contributed by atoms with Crippen molar-refractivity contribution in [2.24, 2.45) is 0 Å². The fourth-order valence-corrected chi connectivity index (χ4v) is 3.39. The fourth-order valence-electron chi connectivity index (χ4n) is 2.85. The third kappa shape index (κ3) is 4.06. The Bertz CT molecular complexity index is 1110. The molecule has 1 heterocycles. The average Bonchev–Trinajstić information content (AvgIpc) is 2.65. The molecule has 0 atom stereocenters.